The Kier molecular flexibility index (Phi) is 4.60. The lowest BCUT2D eigenvalue weighted by Gasteiger charge is -2.15. The third-order valence-corrected chi connectivity index (χ3v) is 3.58. The van der Waals surface area contributed by atoms with Gasteiger partial charge >= 0.3 is 0 Å². The fourth-order valence-electron chi connectivity index (χ4n) is 2.30. The molecule has 0 spiro atoms. The van der Waals surface area contributed by atoms with E-state index in [0.29, 0.717) is 6.04 Å². The van der Waals surface area contributed by atoms with Crippen molar-refractivity contribution in [2.45, 2.75) is 58.5 Å². The van der Waals surface area contributed by atoms with Crippen LogP contribution in [0, 0.1) is 5.92 Å². The first-order valence-electron chi connectivity index (χ1n) is 7.06. The fourth-order valence-corrected chi connectivity index (χ4v) is 2.30. The van der Waals surface area contributed by atoms with Crippen LogP contribution in [0.3, 0.4) is 0 Å². The van der Waals surface area contributed by atoms with Crippen LogP contribution in [0.5, 0.6) is 0 Å². The molecule has 1 unspecified atom stereocenters. The van der Waals surface area contributed by atoms with E-state index < -0.39 is 0 Å². The maximum absolute atomic E-state index is 4.49. The number of rotatable bonds is 8. The second-order valence-corrected chi connectivity index (χ2v) is 5.23. The van der Waals surface area contributed by atoms with E-state index in [1.54, 1.807) is 0 Å². The summed E-state index contributed by atoms with van der Waals surface area (Å²) in [5.41, 5.74) is 1.17. The molecule has 17 heavy (non-hydrogen) atoms. The molecule has 1 N–H and O–H groups in total. The Morgan fingerprint density at radius 3 is 2.94 bits per heavy atom. The van der Waals surface area contributed by atoms with Crippen molar-refractivity contribution in [1.82, 2.24) is 14.9 Å². The van der Waals surface area contributed by atoms with Crippen LogP contribution in [-0.2, 0) is 6.54 Å². The fraction of sp³-hybridized carbons (Fsp3) is 0.786. The van der Waals surface area contributed by atoms with Gasteiger partial charge < -0.3 is 9.88 Å². The molecule has 0 aromatic carbocycles. The third kappa shape index (κ3) is 3.84. The zero-order chi connectivity index (χ0) is 12.1. The Labute approximate surface area is 105 Å². The third-order valence-electron chi connectivity index (χ3n) is 3.58. The zero-order valence-corrected chi connectivity index (χ0v) is 11.2. The monoisotopic (exact) mass is 235 g/mol. The second-order valence-electron chi connectivity index (χ2n) is 5.23. The molecule has 0 aliphatic heterocycles. The molecule has 0 bridgehead atoms. The van der Waals surface area contributed by atoms with Crippen molar-refractivity contribution in [2.75, 3.05) is 6.54 Å². The van der Waals surface area contributed by atoms with Crippen molar-refractivity contribution in [3.05, 3.63) is 18.2 Å². The normalized spacial score (nSPS) is 17.3. The van der Waals surface area contributed by atoms with E-state index >= 15 is 0 Å². The highest BCUT2D eigenvalue weighted by molar-refractivity contribution is 4.98. The first-order chi connectivity index (χ1) is 8.33. The van der Waals surface area contributed by atoms with E-state index in [4.69, 9.17) is 0 Å². The summed E-state index contributed by atoms with van der Waals surface area (Å²) in [6, 6.07) is 0.662. The molecule has 0 amide bonds. The quantitative estimate of drug-likeness (QED) is 0.702. The molecular weight excluding hydrogens is 210 g/mol. The lowest BCUT2D eigenvalue weighted by molar-refractivity contribution is 0.428. The van der Waals surface area contributed by atoms with Gasteiger partial charge in [0.05, 0.1) is 12.0 Å². The first-order valence-corrected chi connectivity index (χ1v) is 7.06. The first kappa shape index (κ1) is 12.6. The Morgan fingerprint density at radius 2 is 2.29 bits per heavy atom. The van der Waals surface area contributed by atoms with Crippen LogP contribution < -0.4 is 5.32 Å². The van der Waals surface area contributed by atoms with Gasteiger partial charge in [-0.1, -0.05) is 26.7 Å². The van der Waals surface area contributed by atoms with Crippen LogP contribution in [0.15, 0.2) is 12.5 Å². The van der Waals surface area contributed by atoms with E-state index in [2.05, 4.69) is 34.9 Å². The minimum absolute atomic E-state index is 0.662. The summed E-state index contributed by atoms with van der Waals surface area (Å²) in [6.45, 7) is 6.45. The maximum atomic E-state index is 4.49. The Bertz CT molecular complexity index is 328. The van der Waals surface area contributed by atoms with Crippen LogP contribution in [0.1, 0.15) is 57.7 Å². The maximum Gasteiger partial charge on any atom is 0.0952 e. The number of hydrogen-bond donors (Lipinski definition) is 1. The molecular formula is C14H25N3. The van der Waals surface area contributed by atoms with Gasteiger partial charge in [0.15, 0.2) is 0 Å². The van der Waals surface area contributed by atoms with Crippen molar-refractivity contribution in [2.24, 2.45) is 5.92 Å². The van der Waals surface area contributed by atoms with Gasteiger partial charge in [0.2, 0.25) is 0 Å². The number of nitrogens with zero attached hydrogens (tertiary/aromatic N) is 2. The molecule has 1 saturated carbocycles. The summed E-state index contributed by atoms with van der Waals surface area (Å²) >= 11 is 0. The molecule has 3 nitrogen and oxygen atoms in total. The van der Waals surface area contributed by atoms with Crippen LogP contribution >= 0.6 is 0 Å². The highest BCUT2D eigenvalue weighted by atomic mass is 15.1. The largest absolute Gasteiger partial charge is 0.334 e. The lowest BCUT2D eigenvalue weighted by Crippen LogP contribution is -2.14. The van der Waals surface area contributed by atoms with Gasteiger partial charge in [0.1, 0.15) is 0 Å². The van der Waals surface area contributed by atoms with Crippen LogP contribution in [-0.4, -0.2) is 16.1 Å². The van der Waals surface area contributed by atoms with Gasteiger partial charge in [-0.05, 0) is 31.7 Å². The smallest absolute Gasteiger partial charge is 0.0952 e. The van der Waals surface area contributed by atoms with Crippen molar-refractivity contribution in [1.29, 1.82) is 0 Å². The number of hydrogen-bond acceptors (Lipinski definition) is 2. The molecule has 1 aliphatic carbocycles. The lowest BCUT2D eigenvalue weighted by atomic mass is 10.1. The molecule has 0 radical (unpaired) electrons. The number of imidazole rings is 1. The second kappa shape index (κ2) is 6.20. The van der Waals surface area contributed by atoms with Crippen LogP contribution in [0.4, 0.5) is 0 Å². The minimum Gasteiger partial charge on any atom is -0.334 e. The van der Waals surface area contributed by atoms with Gasteiger partial charge in [-0.3, -0.25) is 0 Å². The highest BCUT2D eigenvalue weighted by Crippen LogP contribution is 2.37. The van der Waals surface area contributed by atoms with Gasteiger partial charge in [0, 0.05) is 18.8 Å². The number of aromatic nitrogens is 2. The van der Waals surface area contributed by atoms with Gasteiger partial charge in [-0.25, -0.2) is 4.98 Å². The van der Waals surface area contributed by atoms with Gasteiger partial charge in [0.25, 0.3) is 0 Å². The summed E-state index contributed by atoms with van der Waals surface area (Å²) in [5.74, 6) is 0.990. The van der Waals surface area contributed by atoms with Crippen LogP contribution in [0.25, 0.3) is 0 Å². The van der Waals surface area contributed by atoms with Gasteiger partial charge in [-0.2, -0.15) is 0 Å². The minimum atomic E-state index is 0.662. The summed E-state index contributed by atoms with van der Waals surface area (Å²) < 4.78 is 2.32. The van der Waals surface area contributed by atoms with Crippen molar-refractivity contribution in [3.63, 3.8) is 0 Å². The van der Waals surface area contributed by atoms with Crippen LogP contribution in [0.2, 0.25) is 0 Å². The molecule has 1 heterocycles. The average molecular weight is 235 g/mol. The topological polar surface area (TPSA) is 29.9 Å². The van der Waals surface area contributed by atoms with E-state index in [9.17, 15) is 0 Å². The van der Waals surface area contributed by atoms with Crippen molar-refractivity contribution < 1.29 is 0 Å². The SMILES string of the molecule is CCCNCc1cn(C(CC)CC2CC2)cn1. The molecule has 0 saturated heterocycles. The molecule has 1 fully saturated rings. The average Bonchev–Trinajstić information content (AvgIpc) is 3.04. The van der Waals surface area contributed by atoms with E-state index in [-0.39, 0.29) is 0 Å². The zero-order valence-electron chi connectivity index (χ0n) is 11.2. The highest BCUT2D eigenvalue weighted by Gasteiger charge is 2.25. The molecule has 1 aromatic heterocycles. The molecule has 1 aliphatic rings. The van der Waals surface area contributed by atoms with E-state index in [0.717, 1.165) is 19.0 Å². The van der Waals surface area contributed by atoms with Crippen molar-refractivity contribution >= 4 is 0 Å². The standard InChI is InChI=1S/C14H25N3/c1-3-7-15-9-13-10-17(11-16-13)14(4-2)8-12-5-6-12/h10-12,14-15H,3-9H2,1-2H3. The molecule has 2 rings (SSSR count). The molecule has 1 atom stereocenters. The van der Waals surface area contributed by atoms with Crippen molar-refractivity contribution in [3.8, 4) is 0 Å². The van der Waals surface area contributed by atoms with E-state index in [1.165, 1.54) is 37.8 Å². The Hall–Kier alpha value is -0.830. The van der Waals surface area contributed by atoms with Gasteiger partial charge in [-0.15, -0.1) is 0 Å². The van der Waals surface area contributed by atoms with E-state index in [1.807, 2.05) is 6.33 Å². The summed E-state index contributed by atoms with van der Waals surface area (Å²) in [5, 5.41) is 3.40. The molecule has 96 valence electrons. The summed E-state index contributed by atoms with van der Waals surface area (Å²) in [4.78, 5) is 4.49. The Morgan fingerprint density at radius 1 is 1.47 bits per heavy atom. The predicted octanol–water partition coefficient (Wildman–Crippen LogP) is 3.13. The number of nitrogens with one attached hydrogen (secondary N) is 1. The Balaban J connectivity index is 1.85. The summed E-state index contributed by atoms with van der Waals surface area (Å²) in [7, 11) is 0. The predicted molar refractivity (Wildman–Crippen MR) is 70.9 cm³/mol. The molecule has 1 aromatic rings. The molecule has 3 heteroatoms. The summed E-state index contributed by atoms with van der Waals surface area (Å²) in [6.07, 6.45) is 10.9.